The minimum atomic E-state index is -0.915. The average molecular weight is 470 g/mol. The van der Waals surface area contributed by atoms with Gasteiger partial charge in [-0.05, 0) is 70.8 Å². The first-order valence-electron chi connectivity index (χ1n) is 10.5. The minimum absolute atomic E-state index is 0.146. The molecule has 2 N–H and O–H groups in total. The number of phenols is 1. The van der Waals surface area contributed by atoms with Gasteiger partial charge in [0.2, 0.25) is 0 Å². The van der Waals surface area contributed by atoms with Crippen molar-refractivity contribution >= 4 is 17.7 Å². The van der Waals surface area contributed by atoms with Gasteiger partial charge in [0.1, 0.15) is 17.4 Å². The molecule has 0 spiro atoms. The predicted octanol–water partition coefficient (Wildman–Crippen LogP) is 4.95. The van der Waals surface area contributed by atoms with Crippen LogP contribution >= 0.6 is 0 Å². The zero-order valence-corrected chi connectivity index (χ0v) is 18.0. The van der Waals surface area contributed by atoms with Crippen LogP contribution in [-0.2, 0) is 0 Å². The van der Waals surface area contributed by atoms with Gasteiger partial charge < -0.3 is 5.11 Å². The fraction of sp³-hybridized carbons (Fsp3) is 0. The van der Waals surface area contributed by atoms with E-state index in [1.807, 2.05) is 0 Å². The number of nitrogens with zero attached hydrogens (tertiary/aromatic N) is 1. The molecule has 8 heteroatoms. The number of hydrogen-bond acceptors (Lipinski definition) is 4. The predicted molar refractivity (Wildman–Crippen MR) is 123 cm³/mol. The van der Waals surface area contributed by atoms with Gasteiger partial charge in [0, 0.05) is 0 Å². The molecular formula is C27H16F2N2O4. The number of amides is 3. The van der Waals surface area contributed by atoms with E-state index >= 15 is 0 Å². The second kappa shape index (κ2) is 8.49. The van der Waals surface area contributed by atoms with Crippen LogP contribution in [0.25, 0.3) is 22.3 Å². The van der Waals surface area contributed by atoms with Crippen molar-refractivity contribution < 1.29 is 28.3 Å². The molecule has 3 amide bonds. The monoisotopic (exact) mass is 470 g/mol. The van der Waals surface area contributed by atoms with Crippen molar-refractivity contribution in [1.29, 1.82) is 0 Å². The molecule has 1 heterocycles. The van der Waals surface area contributed by atoms with E-state index in [9.17, 15) is 28.3 Å². The van der Waals surface area contributed by atoms with Crippen LogP contribution in [0.1, 0.15) is 31.1 Å². The summed E-state index contributed by atoms with van der Waals surface area (Å²) in [6.07, 6.45) is 0. The first kappa shape index (κ1) is 22.0. The number of carbonyl (C=O) groups excluding carboxylic acids is 3. The van der Waals surface area contributed by atoms with Crippen molar-refractivity contribution in [2.24, 2.45) is 0 Å². The Morgan fingerprint density at radius 1 is 0.686 bits per heavy atom. The molecule has 4 aromatic rings. The molecule has 0 aliphatic carbocycles. The third kappa shape index (κ3) is 3.91. The molecule has 35 heavy (non-hydrogen) atoms. The van der Waals surface area contributed by atoms with Gasteiger partial charge in [-0.15, -0.1) is 0 Å². The average Bonchev–Trinajstić information content (AvgIpc) is 3.09. The third-order valence-electron chi connectivity index (χ3n) is 5.68. The van der Waals surface area contributed by atoms with Gasteiger partial charge in [-0.25, -0.2) is 8.78 Å². The highest BCUT2D eigenvalue weighted by atomic mass is 19.1. The summed E-state index contributed by atoms with van der Waals surface area (Å²) in [7, 11) is 0. The van der Waals surface area contributed by atoms with Crippen molar-refractivity contribution in [3.63, 3.8) is 0 Å². The molecule has 0 aromatic heterocycles. The number of nitrogens with one attached hydrogen (secondary N) is 1. The Morgan fingerprint density at radius 3 is 1.74 bits per heavy atom. The number of hydrazine groups is 1. The zero-order valence-electron chi connectivity index (χ0n) is 18.0. The van der Waals surface area contributed by atoms with Gasteiger partial charge in [0.05, 0.1) is 16.7 Å². The van der Waals surface area contributed by atoms with Crippen molar-refractivity contribution in [2.75, 3.05) is 0 Å². The van der Waals surface area contributed by atoms with Gasteiger partial charge in [0.25, 0.3) is 17.7 Å². The number of benzene rings is 4. The first-order chi connectivity index (χ1) is 16.8. The topological polar surface area (TPSA) is 86.7 Å². The molecule has 0 bridgehead atoms. The smallest absolute Gasteiger partial charge is 0.280 e. The highest BCUT2D eigenvalue weighted by molar-refractivity contribution is 6.22. The van der Waals surface area contributed by atoms with Crippen LogP contribution in [0.15, 0.2) is 84.9 Å². The summed E-state index contributed by atoms with van der Waals surface area (Å²) in [5.41, 5.74) is 4.01. The maximum atomic E-state index is 13.6. The number of aromatic hydroxyl groups is 1. The molecule has 0 atom stereocenters. The Morgan fingerprint density at radius 2 is 1.20 bits per heavy atom. The van der Waals surface area contributed by atoms with Gasteiger partial charge in [-0.3, -0.25) is 19.8 Å². The second-order valence-corrected chi connectivity index (χ2v) is 7.86. The summed E-state index contributed by atoms with van der Waals surface area (Å²) >= 11 is 0. The van der Waals surface area contributed by atoms with E-state index in [0.717, 1.165) is 0 Å². The van der Waals surface area contributed by atoms with Crippen molar-refractivity contribution in [1.82, 2.24) is 10.4 Å². The molecule has 0 saturated heterocycles. The molecule has 0 radical (unpaired) electrons. The van der Waals surface area contributed by atoms with Crippen LogP contribution in [0.5, 0.6) is 5.75 Å². The molecule has 1 aliphatic rings. The molecule has 172 valence electrons. The molecule has 0 unspecified atom stereocenters. The summed E-state index contributed by atoms with van der Waals surface area (Å²) < 4.78 is 27.0. The van der Waals surface area contributed by atoms with Crippen molar-refractivity contribution in [3.05, 3.63) is 113 Å². The highest BCUT2D eigenvalue weighted by Gasteiger charge is 2.37. The summed E-state index contributed by atoms with van der Waals surface area (Å²) in [5, 5.41) is 11.4. The molecule has 0 saturated carbocycles. The van der Waals surface area contributed by atoms with Gasteiger partial charge in [-0.1, -0.05) is 36.4 Å². The Balaban J connectivity index is 1.58. The molecule has 4 aromatic carbocycles. The van der Waals surface area contributed by atoms with Crippen LogP contribution in [-0.4, -0.2) is 27.8 Å². The lowest BCUT2D eigenvalue weighted by atomic mass is 9.93. The van der Waals surface area contributed by atoms with Crippen molar-refractivity contribution in [2.45, 2.75) is 0 Å². The van der Waals surface area contributed by atoms with Crippen LogP contribution in [0.4, 0.5) is 8.78 Å². The van der Waals surface area contributed by atoms with E-state index in [1.54, 1.807) is 18.2 Å². The quantitative estimate of drug-likeness (QED) is 0.414. The van der Waals surface area contributed by atoms with Crippen LogP contribution in [0, 0.1) is 11.6 Å². The van der Waals surface area contributed by atoms with Gasteiger partial charge in [-0.2, -0.15) is 5.01 Å². The lowest BCUT2D eigenvalue weighted by Gasteiger charge is -2.18. The number of fused-ring (bicyclic) bond motifs is 1. The van der Waals surface area contributed by atoms with E-state index in [-0.39, 0.29) is 22.3 Å². The lowest BCUT2D eigenvalue weighted by molar-refractivity contribution is 0.0517. The van der Waals surface area contributed by atoms with Gasteiger partial charge in [0.15, 0.2) is 0 Å². The van der Waals surface area contributed by atoms with E-state index in [4.69, 9.17) is 0 Å². The number of carbonyl (C=O) groups is 3. The Bertz CT molecular complexity index is 1460. The number of rotatable bonds is 4. The van der Waals surface area contributed by atoms with Crippen LogP contribution < -0.4 is 5.43 Å². The molecule has 5 rings (SSSR count). The summed E-state index contributed by atoms with van der Waals surface area (Å²) in [6.45, 7) is 0. The van der Waals surface area contributed by atoms with E-state index in [0.29, 0.717) is 21.7 Å². The fourth-order valence-electron chi connectivity index (χ4n) is 3.98. The van der Waals surface area contributed by atoms with E-state index < -0.39 is 35.1 Å². The number of imide groups is 1. The highest BCUT2D eigenvalue weighted by Crippen LogP contribution is 2.36. The normalized spacial score (nSPS) is 12.6. The molecular weight excluding hydrogens is 454 g/mol. The summed E-state index contributed by atoms with van der Waals surface area (Å²) in [6, 6.07) is 19.8. The van der Waals surface area contributed by atoms with E-state index in [2.05, 4.69) is 5.43 Å². The Kier molecular flexibility index (Phi) is 5.33. The molecule has 1 aliphatic heterocycles. The van der Waals surface area contributed by atoms with Crippen LogP contribution in [0.3, 0.4) is 0 Å². The molecule has 6 nitrogen and oxygen atoms in total. The SMILES string of the molecule is O=C(NN1C(=O)c2ccccc2C1=O)c1c(O)cc(-c2ccc(F)cc2)cc1-c1ccc(F)cc1. The summed E-state index contributed by atoms with van der Waals surface area (Å²) in [5.74, 6) is -3.70. The minimum Gasteiger partial charge on any atom is -0.507 e. The molecule has 0 fully saturated rings. The maximum absolute atomic E-state index is 13.6. The fourth-order valence-corrected chi connectivity index (χ4v) is 3.98. The maximum Gasteiger partial charge on any atom is 0.280 e. The second-order valence-electron chi connectivity index (χ2n) is 7.86. The lowest BCUT2D eigenvalue weighted by Crippen LogP contribution is -2.46. The number of hydrogen-bond donors (Lipinski definition) is 2. The van der Waals surface area contributed by atoms with Gasteiger partial charge >= 0.3 is 0 Å². The standard InChI is InChI=1S/C27H16F2N2O4/c28-18-9-5-15(6-10-18)17-13-22(16-7-11-19(29)12-8-16)24(23(32)14-17)25(33)30-31-26(34)20-3-1-2-4-21(20)27(31)35/h1-14,32H,(H,30,33). The van der Waals surface area contributed by atoms with E-state index in [1.165, 1.54) is 66.7 Å². The van der Waals surface area contributed by atoms with Crippen molar-refractivity contribution in [3.8, 4) is 28.0 Å². The Hall–Kier alpha value is -4.85. The largest absolute Gasteiger partial charge is 0.507 e. The number of halogens is 2. The Labute approximate surface area is 198 Å². The number of phenolic OH excluding ortho intramolecular Hbond substituents is 1. The first-order valence-corrected chi connectivity index (χ1v) is 10.5. The summed E-state index contributed by atoms with van der Waals surface area (Å²) in [4.78, 5) is 38.6. The van der Waals surface area contributed by atoms with Crippen LogP contribution in [0.2, 0.25) is 0 Å². The zero-order chi connectivity index (χ0) is 24.7. The third-order valence-corrected chi connectivity index (χ3v) is 5.68.